The highest BCUT2D eigenvalue weighted by Crippen LogP contribution is 2.49. The summed E-state index contributed by atoms with van der Waals surface area (Å²) in [6.07, 6.45) is 55.5. The summed E-state index contributed by atoms with van der Waals surface area (Å²) in [6.45, 7) is 4.54. The number of hydrogen-bond donors (Lipinski definition) is 1. The molecule has 1 nitrogen and oxygen atoms in total. The van der Waals surface area contributed by atoms with Crippen molar-refractivity contribution in [3.05, 3.63) is 48.6 Å². The molecule has 0 spiro atoms. The predicted octanol–water partition coefficient (Wildman–Crippen LogP) is 13.5. The number of allylic oxidation sites excluding steroid dienone is 8. The van der Waals surface area contributed by atoms with Crippen LogP contribution in [0.5, 0.6) is 0 Å². The van der Waals surface area contributed by atoms with Gasteiger partial charge >= 0.3 is 0 Å². The second-order valence-corrected chi connectivity index (χ2v) is 13.2. The minimum absolute atomic E-state index is 0.00999. The SMILES string of the molecule is CCCCC/C=C\C/C=C\CCCCCCCCC1(CCCCCCCC/C=C\C/C=C\CCCCC)CC(O)C1. The minimum atomic E-state index is -0.00999. The first-order chi connectivity index (χ1) is 20.2. The Balaban J connectivity index is 1.93. The fraction of sp³-hybridized carbons (Fsp3) is 0.800. The van der Waals surface area contributed by atoms with Gasteiger partial charge < -0.3 is 5.11 Å². The van der Waals surface area contributed by atoms with Gasteiger partial charge in [0.15, 0.2) is 0 Å². The molecule has 41 heavy (non-hydrogen) atoms. The molecule has 0 aliphatic heterocycles. The quantitative estimate of drug-likeness (QED) is 0.0675. The maximum atomic E-state index is 10.0. The van der Waals surface area contributed by atoms with Crippen LogP contribution in [-0.2, 0) is 0 Å². The zero-order valence-electron chi connectivity index (χ0n) is 27.9. The van der Waals surface area contributed by atoms with Crippen molar-refractivity contribution in [2.45, 2.75) is 200 Å². The molecule has 0 saturated heterocycles. The summed E-state index contributed by atoms with van der Waals surface area (Å²) in [6, 6.07) is 0. The molecule has 1 aliphatic carbocycles. The third-order valence-corrected chi connectivity index (χ3v) is 9.15. The molecule has 1 saturated carbocycles. The minimum Gasteiger partial charge on any atom is -0.393 e. The second kappa shape index (κ2) is 29.0. The van der Waals surface area contributed by atoms with Gasteiger partial charge in [0, 0.05) is 0 Å². The molecule has 1 heteroatoms. The average molecular weight is 569 g/mol. The Labute approximate surface area is 258 Å². The lowest BCUT2D eigenvalue weighted by Crippen LogP contribution is -2.40. The molecular weight excluding hydrogens is 496 g/mol. The molecule has 238 valence electrons. The molecule has 0 aromatic carbocycles. The lowest BCUT2D eigenvalue weighted by molar-refractivity contribution is -0.0455. The van der Waals surface area contributed by atoms with Gasteiger partial charge in [-0.2, -0.15) is 0 Å². The standard InChI is InChI=1S/C40H72O/c1-3-5-7-9-11-13-15-17-19-21-23-25-27-29-31-33-35-40(37-39(41)38-40)36-34-32-30-28-26-24-22-20-18-16-14-12-10-8-6-4-2/h11-14,17-20,39,41H,3-10,15-16,21-38H2,1-2H3/b13-11-,14-12-,19-17-,20-18-. The van der Waals surface area contributed by atoms with Gasteiger partial charge in [-0.1, -0.05) is 152 Å². The molecule has 1 aliphatic rings. The Morgan fingerprint density at radius 1 is 0.439 bits per heavy atom. The van der Waals surface area contributed by atoms with Crippen LogP contribution in [0.25, 0.3) is 0 Å². The van der Waals surface area contributed by atoms with Crippen molar-refractivity contribution in [1.82, 2.24) is 0 Å². The van der Waals surface area contributed by atoms with Crippen molar-refractivity contribution >= 4 is 0 Å². The van der Waals surface area contributed by atoms with Gasteiger partial charge in [-0.15, -0.1) is 0 Å². The van der Waals surface area contributed by atoms with E-state index in [9.17, 15) is 5.11 Å². The van der Waals surface area contributed by atoms with Gasteiger partial charge in [-0.25, -0.2) is 0 Å². The molecule has 0 aromatic rings. The maximum Gasteiger partial charge on any atom is 0.0550 e. The molecule has 1 fully saturated rings. The summed E-state index contributed by atoms with van der Waals surface area (Å²) in [5.74, 6) is 0. The van der Waals surface area contributed by atoms with Gasteiger partial charge in [0.05, 0.1) is 6.10 Å². The van der Waals surface area contributed by atoms with Crippen molar-refractivity contribution in [3.8, 4) is 0 Å². The normalized spacial score (nSPS) is 15.8. The molecule has 0 atom stereocenters. The highest BCUT2D eigenvalue weighted by atomic mass is 16.3. The van der Waals surface area contributed by atoms with Crippen LogP contribution in [0.1, 0.15) is 194 Å². The van der Waals surface area contributed by atoms with Crippen LogP contribution in [0.4, 0.5) is 0 Å². The van der Waals surface area contributed by atoms with E-state index in [0.29, 0.717) is 5.41 Å². The van der Waals surface area contributed by atoms with E-state index in [4.69, 9.17) is 0 Å². The molecule has 0 heterocycles. The van der Waals surface area contributed by atoms with E-state index in [-0.39, 0.29) is 6.10 Å². The van der Waals surface area contributed by atoms with Crippen LogP contribution in [-0.4, -0.2) is 11.2 Å². The fourth-order valence-corrected chi connectivity index (χ4v) is 6.45. The second-order valence-electron chi connectivity index (χ2n) is 13.2. The summed E-state index contributed by atoms with van der Waals surface area (Å²) in [4.78, 5) is 0. The monoisotopic (exact) mass is 569 g/mol. The van der Waals surface area contributed by atoms with E-state index in [1.165, 1.54) is 154 Å². The topological polar surface area (TPSA) is 20.2 Å². The van der Waals surface area contributed by atoms with Crippen molar-refractivity contribution in [2.75, 3.05) is 0 Å². The van der Waals surface area contributed by atoms with Crippen LogP contribution in [0.15, 0.2) is 48.6 Å². The zero-order chi connectivity index (χ0) is 29.5. The highest BCUT2D eigenvalue weighted by Gasteiger charge is 2.41. The molecule has 1 N–H and O–H groups in total. The van der Waals surface area contributed by atoms with Crippen molar-refractivity contribution in [3.63, 3.8) is 0 Å². The number of aliphatic hydroxyl groups is 1. The fourth-order valence-electron chi connectivity index (χ4n) is 6.45. The summed E-state index contributed by atoms with van der Waals surface area (Å²) < 4.78 is 0. The van der Waals surface area contributed by atoms with Gasteiger partial charge in [0.2, 0.25) is 0 Å². The maximum absolute atomic E-state index is 10.0. The van der Waals surface area contributed by atoms with Crippen molar-refractivity contribution in [2.24, 2.45) is 5.41 Å². The Kier molecular flexibility index (Phi) is 26.9. The summed E-state index contributed by atoms with van der Waals surface area (Å²) >= 11 is 0. The Morgan fingerprint density at radius 2 is 0.756 bits per heavy atom. The molecule has 0 aromatic heterocycles. The molecule has 1 rings (SSSR count). The molecule has 0 unspecified atom stereocenters. The molecular formula is C40H72O. The van der Waals surface area contributed by atoms with Crippen LogP contribution >= 0.6 is 0 Å². The third kappa shape index (κ3) is 24.1. The van der Waals surface area contributed by atoms with Gasteiger partial charge in [0.25, 0.3) is 0 Å². The largest absolute Gasteiger partial charge is 0.393 e. The first-order valence-corrected chi connectivity index (χ1v) is 18.5. The van der Waals surface area contributed by atoms with E-state index in [0.717, 1.165) is 25.7 Å². The van der Waals surface area contributed by atoms with Crippen LogP contribution < -0.4 is 0 Å². The Morgan fingerprint density at radius 3 is 1.10 bits per heavy atom. The molecule has 0 radical (unpaired) electrons. The van der Waals surface area contributed by atoms with E-state index in [2.05, 4.69) is 62.5 Å². The smallest absolute Gasteiger partial charge is 0.0550 e. The lowest BCUT2D eigenvalue weighted by Gasteiger charge is -2.46. The molecule has 0 bridgehead atoms. The van der Waals surface area contributed by atoms with Gasteiger partial charge in [-0.3, -0.25) is 0 Å². The summed E-state index contributed by atoms with van der Waals surface area (Å²) in [5, 5.41) is 10.0. The predicted molar refractivity (Wildman–Crippen MR) is 186 cm³/mol. The van der Waals surface area contributed by atoms with Crippen LogP contribution in [0.2, 0.25) is 0 Å². The first-order valence-electron chi connectivity index (χ1n) is 18.5. The van der Waals surface area contributed by atoms with E-state index in [1.54, 1.807) is 0 Å². The Hall–Kier alpha value is -1.08. The van der Waals surface area contributed by atoms with Crippen molar-refractivity contribution in [1.29, 1.82) is 0 Å². The van der Waals surface area contributed by atoms with E-state index >= 15 is 0 Å². The Bertz CT molecular complexity index is 598. The lowest BCUT2D eigenvalue weighted by atomic mass is 9.61. The number of hydrogen-bond acceptors (Lipinski definition) is 1. The van der Waals surface area contributed by atoms with Crippen LogP contribution in [0, 0.1) is 5.41 Å². The number of rotatable bonds is 30. The number of aliphatic hydroxyl groups excluding tert-OH is 1. The van der Waals surface area contributed by atoms with E-state index in [1.807, 2.05) is 0 Å². The first kappa shape index (κ1) is 37.9. The highest BCUT2D eigenvalue weighted by molar-refractivity contribution is 4.94. The summed E-state index contributed by atoms with van der Waals surface area (Å²) in [7, 11) is 0. The van der Waals surface area contributed by atoms with E-state index < -0.39 is 0 Å². The van der Waals surface area contributed by atoms with Gasteiger partial charge in [0.1, 0.15) is 0 Å². The van der Waals surface area contributed by atoms with Gasteiger partial charge in [-0.05, 0) is 95.3 Å². The number of unbranched alkanes of at least 4 members (excludes halogenated alkanes) is 18. The zero-order valence-corrected chi connectivity index (χ0v) is 27.9. The summed E-state index contributed by atoms with van der Waals surface area (Å²) in [5.41, 5.74) is 0.490. The molecule has 0 amide bonds. The average Bonchev–Trinajstić information content (AvgIpc) is 2.95. The van der Waals surface area contributed by atoms with Crippen LogP contribution in [0.3, 0.4) is 0 Å². The third-order valence-electron chi connectivity index (χ3n) is 9.15. The van der Waals surface area contributed by atoms with Crippen molar-refractivity contribution < 1.29 is 5.11 Å².